The average molecular weight is 221 g/mol. The van der Waals surface area contributed by atoms with Crippen molar-refractivity contribution in [3.05, 3.63) is 23.5 Å². The lowest BCUT2D eigenvalue weighted by molar-refractivity contribution is 0.0694. The Balaban J connectivity index is 2.60. The van der Waals surface area contributed by atoms with E-state index in [1.54, 1.807) is 13.0 Å². The van der Waals surface area contributed by atoms with E-state index in [0.29, 0.717) is 23.8 Å². The number of rotatable bonds is 3. The number of aromatic nitrogens is 3. The summed E-state index contributed by atoms with van der Waals surface area (Å²) in [4.78, 5) is 14.9. The largest absolute Gasteiger partial charge is 0.478 e. The Kier molecular flexibility index (Phi) is 2.47. The molecule has 16 heavy (non-hydrogen) atoms. The van der Waals surface area contributed by atoms with Crippen molar-refractivity contribution < 1.29 is 14.6 Å². The van der Waals surface area contributed by atoms with E-state index in [4.69, 9.17) is 9.84 Å². The fraction of sp³-hybridized carbons (Fsp3) is 0.300. The highest BCUT2D eigenvalue weighted by Gasteiger charge is 2.13. The summed E-state index contributed by atoms with van der Waals surface area (Å²) in [7, 11) is 0. The minimum absolute atomic E-state index is 0.138. The summed E-state index contributed by atoms with van der Waals surface area (Å²) in [5.41, 5.74) is 1.24. The maximum Gasteiger partial charge on any atom is 0.339 e. The van der Waals surface area contributed by atoms with E-state index < -0.39 is 5.97 Å². The molecule has 0 bridgehead atoms. The highest BCUT2D eigenvalue weighted by molar-refractivity contribution is 5.88. The van der Waals surface area contributed by atoms with Crippen molar-refractivity contribution in [2.24, 2.45) is 0 Å². The van der Waals surface area contributed by atoms with Crippen LogP contribution in [-0.2, 0) is 0 Å². The number of aromatic carboxylic acids is 1. The second-order valence-electron chi connectivity index (χ2n) is 3.25. The first-order valence-electron chi connectivity index (χ1n) is 4.85. The maximum absolute atomic E-state index is 10.9. The molecule has 0 amide bonds. The zero-order valence-corrected chi connectivity index (χ0v) is 8.97. The van der Waals surface area contributed by atoms with Gasteiger partial charge in [0.25, 0.3) is 0 Å². The Labute approximate surface area is 91.5 Å². The van der Waals surface area contributed by atoms with Gasteiger partial charge in [-0.3, -0.25) is 0 Å². The zero-order valence-electron chi connectivity index (χ0n) is 8.97. The molecule has 2 aromatic rings. The maximum atomic E-state index is 10.9. The van der Waals surface area contributed by atoms with Gasteiger partial charge in [0.15, 0.2) is 5.65 Å². The smallest absolute Gasteiger partial charge is 0.339 e. The Bertz CT molecular complexity index is 547. The molecular weight excluding hydrogens is 210 g/mol. The van der Waals surface area contributed by atoms with E-state index in [0.717, 1.165) is 0 Å². The van der Waals surface area contributed by atoms with Crippen LogP contribution in [0.3, 0.4) is 0 Å². The molecule has 0 aliphatic heterocycles. The van der Waals surface area contributed by atoms with Crippen molar-refractivity contribution in [2.45, 2.75) is 13.8 Å². The molecule has 2 aromatic heterocycles. The van der Waals surface area contributed by atoms with Gasteiger partial charge in [0.2, 0.25) is 5.88 Å². The Morgan fingerprint density at radius 1 is 1.62 bits per heavy atom. The van der Waals surface area contributed by atoms with Crippen LogP contribution < -0.4 is 4.74 Å². The van der Waals surface area contributed by atoms with Crippen LogP contribution >= 0.6 is 0 Å². The molecule has 0 saturated heterocycles. The summed E-state index contributed by atoms with van der Waals surface area (Å²) in [6.45, 7) is 4.04. The molecule has 0 aromatic carbocycles. The average Bonchev–Trinajstić information content (AvgIpc) is 2.62. The molecule has 6 nitrogen and oxygen atoms in total. The predicted octanol–water partition coefficient (Wildman–Crippen LogP) is 1.13. The van der Waals surface area contributed by atoms with Gasteiger partial charge in [0.1, 0.15) is 0 Å². The van der Waals surface area contributed by atoms with Crippen LogP contribution in [0.5, 0.6) is 5.88 Å². The van der Waals surface area contributed by atoms with Gasteiger partial charge >= 0.3 is 5.97 Å². The zero-order chi connectivity index (χ0) is 11.7. The predicted molar refractivity (Wildman–Crippen MR) is 55.9 cm³/mol. The monoisotopic (exact) mass is 221 g/mol. The topological polar surface area (TPSA) is 76.7 Å². The molecule has 0 atom stereocenters. The molecule has 84 valence electrons. The number of nitrogens with zero attached hydrogens (tertiary/aromatic N) is 3. The number of fused-ring (bicyclic) bond motifs is 1. The lowest BCUT2D eigenvalue weighted by Gasteiger charge is -2.01. The molecule has 0 spiro atoms. The molecule has 6 heteroatoms. The van der Waals surface area contributed by atoms with Gasteiger partial charge in [0, 0.05) is 12.3 Å². The fourth-order valence-electron chi connectivity index (χ4n) is 1.46. The van der Waals surface area contributed by atoms with Gasteiger partial charge < -0.3 is 9.84 Å². The summed E-state index contributed by atoms with van der Waals surface area (Å²) < 4.78 is 6.69. The van der Waals surface area contributed by atoms with Gasteiger partial charge in [-0.05, 0) is 13.8 Å². The van der Waals surface area contributed by atoms with E-state index in [9.17, 15) is 4.79 Å². The third-order valence-corrected chi connectivity index (χ3v) is 2.22. The molecule has 0 aliphatic rings. The molecule has 2 heterocycles. The third-order valence-electron chi connectivity index (χ3n) is 2.22. The fourth-order valence-corrected chi connectivity index (χ4v) is 1.46. The number of carbonyl (C=O) groups is 1. The van der Waals surface area contributed by atoms with Crippen molar-refractivity contribution in [3.8, 4) is 5.88 Å². The summed E-state index contributed by atoms with van der Waals surface area (Å²) in [6.07, 6.45) is 1.32. The molecule has 0 unspecified atom stereocenters. The van der Waals surface area contributed by atoms with Gasteiger partial charge in [-0.15, -0.1) is 5.10 Å². The van der Waals surface area contributed by atoms with Crippen molar-refractivity contribution >= 4 is 11.6 Å². The van der Waals surface area contributed by atoms with Crippen LogP contribution in [0.15, 0.2) is 12.3 Å². The van der Waals surface area contributed by atoms with E-state index in [2.05, 4.69) is 10.1 Å². The first kappa shape index (κ1) is 10.4. The molecule has 1 N–H and O–H groups in total. The van der Waals surface area contributed by atoms with E-state index in [1.165, 1.54) is 10.7 Å². The van der Waals surface area contributed by atoms with E-state index in [-0.39, 0.29) is 5.56 Å². The van der Waals surface area contributed by atoms with Gasteiger partial charge in [-0.25, -0.2) is 14.3 Å². The Morgan fingerprint density at radius 2 is 2.38 bits per heavy atom. The van der Waals surface area contributed by atoms with E-state index >= 15 is 0 Å². The van der Waals surface area contributed by atoms with Gasteiger partial charge in [-0.2, -0.15) is 0 Å². The standard InChI is InChI=1S/C10H11N3O3/c1-3-16-9-4-8-11-5-7(10(14)15)6(2)13(8)12-9/h4-5H,3H2,1-2H3,(H,14,15). The van der Waals surface area contributed by atoms with Crippen molar-refractivity contribution in [1.29, 1.82) is 0 Å². The van der Waals surface area contributed by atoms with E-state index in [1.807, 2.05) is 6.92 Å². The lowest BCUT2D eigenvalue weighted by atomic mass is 10.2. The highest BCUT2D eigenvalue weighted by Crippen LogP contribution is 2.15. The lowest BCUT2D eigenvalue weighted by Crippen LogP contribution is -2.06. The van der Waals surface area contributed by atoms with Crippen molar-refractivity contribution in [1.82, 2.24) is 14.6 Å². The summed E-state index contributed by atoms with van der Waals surface area (Å²) in [6, 6.07) is 1.67. The molecule has 2 rings (SSSR count). The van der Waals surface area contributed by atoms with Crippen LogP contribution in [0.4, 0.5) is 0 Å². The minimum Gasteiger partial charge on any atom is -0.478 e. The number of ether oxygens (including phenoxy) is 1. The first-order chi connectivity index (χ1) is 7.63. The van der Waals surface area contributed by atoms with Crippen LogP contribution in [0, 0.1) is 6.92 Å². The second kappa shape index (κ2) is 3.80. The number of aryl methyl sites for hydroxylation is 1. The van der Waals surface area contributed by atoms with Gasteiger partial charge in [0.05, 0.1) is 17.9 Å². The number of hydrogen-bond donors (Lipinski definition) is 1. The third kappa shape index (κ3) is 1.58. The molecule has 0 saturated carbocycles. The molecule has 0 radical (unpaired) electrons. The summed E-state index contributed by atoms with van der Waals surface area (Å²) >= 11 is 0. The Morgan fingerprint density at radius 3 is 3.00 bits per heavy atom. The number of carboxylic acids is 1. The molecule has 0 fully saturated rings. The second-order valence-corrected chi connectivity index (χ2v) is 3.25. The van der Waals surface area contributed by atoms with Crippen LogP contribution in [0.2, 0.25) is 0 Å². The quantitative estimate of drug-likeness (QED) is 0.840. The summed E-state index contributed by atoms with van der Waals surface area (Å²) in [5, 5.41) is 13.0. The van der Waals surface area contributed by atoms with Crippen LogP contribution in [-0.4, -0.2) is 32.3 Å². The van der Waals surface area contributed by atoms with Crippen molar-refractivity contribution in [3.63, 3.8) is 0 Å². The minimum atomic E-state index is -1.01. The number of carboxylic acid groups (broad SMARTS) is 1. The number of hydrogen-bond acceptors (Lipinski definition) is 4. The molecular formula is C10H11N3O3. The molecule has 0 aliphatic carbocycles. The first-order valence-corrected chi connectivity index (χ1v) is 4.85. The highest BCUT2D eigenvalue weighted by atomic mass is 16.5. The summed E-state index contributed by atoms with van der Waals surface area (Å²) in [5.74, 6) is -0.569. The normalized spacial score (nSPS) is 10.6. The van der Waals surface area contributed by atoms with Crippen molar-refractivity contribution in [2.75, 3.05) is 6.61 Å². The van der Waals surface area contributed by atoms with Crippen LogP contribution in [0.25, 0.3) is 5.65 Å². The van der Waals surface area contributed by atoms with Gasteiger partial charge in [-0.1, -0.05) is 0 Å². The SMILES string of the molecule is CCOc1cc2ncc(C(=O)O)c(C)n2n1. The Hall–Kier alpha value is -2.11. The van der Waals surface area contributed by atoms with Crippen LogP contribution in [0.1, 0.15) is 23.0 Å².